The predicted molar refractivity (Wildman–Crippen MR) is 105 cm³/mol. The summed E-state index contributed by atoms with van der Waals surface area (Å²) >= 11 is 0. The maximum absolute atomic E-state index is 10.2. The van der Waals surface area contributed by atoms with Crippen molar-refractivity contribution in [2.45, 2.75) is 6.92 Å². The first kappa shape index (κ1) is 20.9. The fourth-order valence-corrected chi connectivity index (χ4v) is 1.28. The van der Waals surface area contributed by atoms with Gasteiger partial charge in [0.05, 0.1) is 0 Å². The van der Waals surface area contributed by atoms with E-state index in [0.29, 0.717) is 0 Å². The Hall–Kier alpha value is -3.13. The van der Waals surface area contributed by atoms with Gasteiger partial charge in [0.25, 0.3) is 0 Å². The third-order valence-corrected chi connectivity index (χ3v) is 2.32. The van der Waals surface area contributed by atoms with E-state index in [1.807, 2.05) is 104 Å². The minimum Gasteiger partial charge on any atom is -0.478 e. The van der Waals surface area contributed by atoms with Crippen molar-refractivity contribution < 1.29 is 9.90 Å². The SMILES string of the molecule is CC=CC=CC=CC=CC=CC=CC=CC=CC=CC=CC(=O)O. The molecule has 0 aliphatic rings. The van der Waals surface area contributed by atoms with Gasteiger partial charge in [-0.2, -0.15) is 0 Å². The molecule has 0 aromatic heterocycles. The van der Waals surface area contributed by atoms with Gasteiger partial charge < -0.3 is 5.11 Å². The molecule has 2 nitrogen and oxygen atoms in total. The number of carbonyl (C=O) groups is 1. The highest BCUT2D eigenvalue weighted by Crippen LogP contribution is 1.86. The fourth-order valence-electron chi connectivity index (χ4n) is 1.28. The molecule has 0 fully saturated rings. The van der Waals surface area contributed by atoms with Crippen LogP contribution in [0.15, 0.2) is 122 Å². The van der Waals surface area contributed by atoms with Crippen molar-refractivity contribution in [3.63, 3.8) is 0 Å². The summed E-state index contributed by atoms with van der Waals surface area (Å²) in [6.45, 7) is 1.98. The molecule has 0 amide bonds. The zero-order valence-corrected chi connectivity index (χ0v) is 13.9. The van der Waals surface area contributed by atoms with Crippen LogP contribution in [-0.2, 0) is 4.79 Å². The summed E-state index contributed by atoms with van der Waals surface area (Å²) in [7, 11) is 0. The summed E-state index contributed by atoms with van der Waals surface area (Å²) in [6.07, 6.45) is 37.0. The lowest BCUT2D eigenvalue weighted by Crippen LogP contribution is -1.84. The van der Waals surface area contributed by atoms with Gasteiger partial charge in [-0.1, -0.05) is 115 Å². The summed E-state index contributed by atoms with van der Waals surface area (Å²) in [4.78, 5) is 10.2. The standard InChI is InChI=1S/C22H24O2/c1-2-3-4-5-6-7-8-9-10-11-12-13-14-15-16-17-18-19-20-21-22(23)24/h2-21H,1H3,(H,23,24). The molecule has 0 saturated carbocycles. The van der Waals surface area contributed by atoms with Gasteiger partial charge in [0.2, 0.25) is 0 Å². The van der Waals surface area contributed by atoms with Crippen LogP contribution in [0.4, 0.5) is 0 Å². The van der Waals surface area contributed by atoms with Crippen molar-refractivity contribution in [1.82, 2.24) is 0 Å². The molecular formula is C22H24O2. The highest BCUT2D eigenvalue weighted by molar-refractivity contribution is 5.80. The van der Waals surface area contributed by atoms with Crippen molar-refractivity contribution in [2.24, 2.45) is 0 Å². The summed E-state index contributed by atoms with van der Waals surface area (Å²) in [5.41, 5.74) is 0. The number of aliphatic carboxylic acids is 1. The molecule has 0 heterocycles. The van der Waals surface area contributed by atoms with Crippen LogP contribution in [0.3, 0.4) is 0 Å². The van der Waals surface area contributed by atoms with E-state index in [1.54, 1.807) is 12.2 Å². The van der Waals surface area contributed by atoms with Crippen molar-refractivity contribution in [3.8, 4) is 0 Å². The first-order chi connectivity index (χ1) is 11.8. The first-order valence-electron chi connectivity index (χ1n) is 7.63. The van der Waals surface area contributed by atoms with Crippen molar-refractivity contribution in [3.05, 3.63) is 122 Å². The van der Waals surface area contributed by atoms with Gasteiger partial charge in [0.1, 0.15) is 0 Å². The van der Waals surface area contributed by atoms with Gasteiger partial charge in [0.15, 0.2) is 0 Å². The topological polar surface area (TPSA) is 37.3 Å². The fraction of sp³-hybridized carbons (Fsp3) is 0.0455. The van der Waals surface area contributed by atoms with Gasteiger partial charge in [-0.15, -0.1) is 0 Å². The Bertz CT molecular complexity index is 616. The molecule has 0 aromatic rings. The Morgan fingerprint density at radius 2 is 0.750 bits per heavy atom. The van der Waals surface area contributed by atoms with Crippen molar-refractivity contribution in [2.75, 3.05) is 0 Å². The van der Waals surface area contributed by atoms with E-state index in [9.17, 15) is 4.79 Å². The maximum atomic E-state index is 10.2. The van der Waals surface area contributed by atoms with Crippen LogP contribution in [0.5, 0.6) is 0 Å². The Kier molecular flexibility index (Phi) is 15.6. The first-order valence-corrected chi connectivity index (χ1v) is 7.63. The van der Waals surface area contributed by atoms with E-state index in [-0.39, 0.29) is 0 Å². The summed E-state index contributed by atoms with van der Waals surface area (Å²) < 4.78 is 0. The van der Waals surface area contributed by atoms with E-state index >= 15 is 0 Å². The van der Waals surface area contributed by atoms with Crippen molar-refractivity contribution in [1.29, 1.82) is 0 Å². The quantitative estimate of drug-likeness (QED) is 0.417. The molecule has 24 heavy (non-hydrogen) atoms. The Morgan fingerprint density at radius 3 is 1.00 bits per heavy atom. The molecule has 0 saturated heterocycles. The molecular weight excluding hydrogens is 296 g/mol. The molecule has 0 aliphatic heterocycles. The zero-order valence-electron chi connectivity index (χ0n) is 13.9. The molecule has 0 radical (unpaired) electrons. The Labute approximate surface area is 144 Å². The second kappa shape index (κ2) is 17.9. The van der Waals surface area contributed by atoms with E-state index in [2.05, 4.69) is 0 Å². The van der Waals surface area contributed by atoms with E-state index in [4.69, 9.17) is 5.11 Å². The number of carboxylic acid groups (broad SMARTS) is 1. The number of hydrogen-bond donors (Lipinski definition) is 1. The van der Waals surface area contributed by atoms with Crippen molar-refractivity contribution >= 4 is 5.97 Å². The average molecular weight is 320 g/mol. The minimum atomic E-state index is -0.950. The average Bonchev–Trinajstić information content (AvgIpc) is 2.56. The molecule has 0 aromatic carbocycles. The van der Waals surface area contributed by atoms with E-state index < -0.39 is 5.97 Å². The number of carboxylic acids is 1. The molecule has 0 rings (SSSR count). The minimum absolute atomic E-state index is 0.950. The van der Waals surface area contributed by atoms with Gasteiger partial charge in [-0.3, -0.25) is 0 Å². The third-order valence-electron chi connectivity index (χ3n) is 2.32. The summed E-state index contributed by atoms with van der Waals surface area (Å²) in [5, 5.41) is 8.38. The third kappa shape index (κ3) is 18.9. The highest BCUT2D eigenvalue weighted by atomic mass is 16.4. The monoisotopic (exact) mass is 320 g/mol. The maximum Gasteiger partial charge on any atom is 0.328 e. The lowest BCUT2D eigenvalue weighted by molar-refractivity contribution is -0.131. The smallest absolute Gasteiger partial charge is 0.328 e. The number of rotatable bonds is 10. The summed E-state index contributed by atoms with van der Waals surface area (Å²) in [6, 6.07) is 0. The van der Waals surface area contributed by atoms with E-state index in [0.717, 1.165) is 6.08 Å². The largest absolute Gasteiger partial charge is 0.478 e. The Balaban J connectivity index is 3.93. The van der Waals surface area contributed by atoms with Gasteiger partial charge >= 0.3 is 5.97 Å². The summed E-state index contributed by atoms with van der Waals surface area (Å²) in [5.74, 6) is -0.950. The second-order valence-electron chi connectivity index (χ2n) is 4.30. The van der Waals surface area contributed by atoms with Crippen LogP contribution in [0, 0.1) is 0 Å². The van der Waals surface area contributed by atoms with Gasteiger partial charge in [-0.05, 0) is 6.92 Å². The lowest BCUT2D eigenvalue weighted by atomic mass is 10.3. The molecule has 0 spiro atoms. The van der Waals surface area contributed by atoms with Gasteiger partial charge in [-0.25, -0.2) is 4.79 Å². The molecule has 1 N–H and O–H groups in total. The Morgan fingerprint density at radius 1 is 0.500 bits per heavy atom. The normalized spacial score (nSPS) is 14.4. The predicted octanol–water partition coefficient (Wildman–Crippen LogP) is 5.65. The molecule has 124 valence electrons. The molecule has 2 heteroatoms. The molecule has 0 atom stereocenters. The highest BCUT2D eigenvalue weighted by Gasteiger charge is 1.79. The van der Waals surface area contributed by atoms with Gasteiger partial charge in [0, 0.05) is 6.08 Å². The van der Waals surface area contributed by atoms with Crippen LogP contribution >= 0.6 is 0 Å². The second-order valence-corrected chi connectivity index (χ2v) is 4.30. The van der Waals surface area contributed by atoms with E-state index in [1.165, 1.54) is 6.08 Å². The zero-order chi connectivity index (χ0) is 17.7. The van der Waals surface area contributed by atoms with Crippen LogP contribution in [0.1, 0.15) is 6.92 Å². The van der Waals surface area contributed by atoms with Crippen LogP contribution in [-0.4, -0.2) is 11.1 Å². The number of hydrogen-bond acceptors (Lipinski definition) is 1. The molecule has 0 unspecified atom stereocenters. The molecule has 0 aliphatic carbocycles. The van der Waals surface area contributed by atoms with Crippen LogP contribution < -0.4 is 0 Å². The molecule has 0 bridgehead atoms. The number of allylic oxidation sites excluding steroid dienone is 19. The lowest BCUT2D eigenvalue weighted by Gasteiger charge is -1.76. The van der Waals surface area contributed by atoms with Crippen LogP contribution in [0.25, 0.3) is 0 Å². The van der Waals surface area contributed by atoms with Crippen LogP contribution in [0.2, 0.25) is 0 Å².